The number of fused-ring (bicyclic) bond motifs is 1. The zero-order valence-electron chi connectivity index (χ0n) is 13.4. The van der Waals surface area contributed by atoms with Crippen molar-refractivity contribution in [3.8, 4) is 11.8 Å². The molecular formula is C16H9FN6OS3. The van der Waals surface area contributed by atoms with E-state index in [0.717, 1.165) is 0 Å². The van der Waals surface area contributed by atoms with E-state index in [1.165, 1.54) is 52.0 Å². The second-order valence-corrected chi connectivity index (χ2v) is 8.20. The van der Waals surface area contributed by atoms with Crippen molar-refractivity contribution in [3.05, 3.63) is 67.9 Å². The molecule has 0 unspecified atom stereocenters. The maximum absolute atomic E-state index is 13.1. The van der Waals surface area contributed by atoms with Gasteiger partial charge in [-0.05, 0) is 36.5 Å². The van der Waals surface area contributed by atoms with Crippen LogP contribution < -0.4 is 5.56 Å². The average molecular weight is 416 g/mol. The van der Waals surface area contributed by atoms with Gasteiger partial charge in [0.15, 0.2) is 13.9 Å². The Morgan fingerprint density at radius 3 is 2.89 bits per heavy atom. The van der Waals surface area contributed by atoms with Crippen molar-refractivity contribution in [2.24, 2.45) is 0 Å². The number of thioether (sulfide) groups is 1. The molecule has 4 aromatic rings. The molecule has 0 aliphatic heterocycles. The van der Waals surface area contributed by atoms with Crippen LogP contribution in [-0.4, -0.2) is 24.4 Å². The summed E-state index contributed by atoms with van der Waals surface area (Å²) in [6.45, 7) is 0. The van der Waals surface area contributed by atoms with Gasteiger partial charge in [0.25, 0.3) is 5.56 Å². The summed E-state index contributed by atoms with van der Waals surface area (Å²) in [5.41, 5.74) is 1.52. The number of aromatic amines is 1. The van der Waals surface area contributed by atoms with E-state index in [1.807, 2.05) is 6.07 Å². The lowest BCUT2D eigenvalue weighted by atomic mass is 10.3. The predicted octanol–water partition coefficient (Wildman–Crippen LogP) is 3.30. The van der Waals surface area contributed by atoms with Gasteiger partial charge >= 0.3 is 0 Å². The third-order valence-electron chi connectivity index (χ3n) is 3.62. The molecule has 0 saturated heterocycles. The number of hydrogen-bond acceptors (Lipinski definition) is 7. The minimum atomic E-state index is -0.329. The Hall–Kier alpha value is -2.81. The molecular weight excluding hydrogens is 407 g/mol. The van der Waals surface area contributed by atoms with Crippen molar-refractivity contribution in [3.63, 3.8) is 0 Å². The van der Waals surface area contributed by atoms with E-state index in [1.54, 1.807) is 16.8 Å². The summed E-state index contributed by atoms with van der Waals surface area (Å²) in [6.07, 6.45) is 1.44. The zero-order chi connectivity index (χ0) is 19.0. The number of benzene rings is 1. The van der Waals surface area contributed by atoms with Gasteiger partial charge in [0, 0.05) is 18.0 Å². The molecule has 27 heavy (non-hydrogen) atoms. The number of hydrogen-bond donors (Lipinski definition) is 1. The normalized spacial score (nSPS) is 11.0. The third kappa shape index (κ3) is 3.42. The van der Waals surface area contributed by atoms with Crippen LogP contribution in [0.1, 0.15) is 11.3 Å². The standard InChI is InChI=1S/C16H9FN6OS3/c17-10-1-3-12(4-2-10)22-16(25)27-15(21-22)26-8-11-5-13(24)23-14(20-11)9(6-18)7-19-23/h1-5,7,19H,8H2. The van der Waals surface area contributed by atoms with Crippen molar-refractivity contribution < 1.29 is 4.39 Å². The molecule has 0 bridgehead atoms. The van der Waals surface area contributed by atoms with E-state index in [2.05, 4.69) is 15.2 Å². The van der Waals surface area contributed by atoms with Gasteiger partial charge in [-0.3, -0.25) is 9.89 Å². The van der Waals surface area contributed by atoms with Crippen molar-refractivity contribution in [1.29, 1.82) is 5.26 Å². The highest BCUT2D eigenvalue weighted by atomic mass is 32.2. The number of rotatable bonds is 4. The molecule has 134 valence electrons. The van der Waals surface area contributed by atoms with E-state index in [0.29, 0.717) is 36.6 Å². The van der Waals surface area contributed by atoms with Gasteiger partial charge in [-0.25, -0.2) is 18.6 Å². The molecule has 0 atom stereocenters. The maximum Gasteiger partial charge on any atom is 0.272 e. The zero-order valence-corrected chi connectivity index (χ0v) is 15.9. The molecule has 3 heterocycles. The summed E-state index contributed by atoms with van der Waals surface area (Å²) in [7, 11) is 0. The fourth-order valence-corrected chi connectivity index (χ4v) is 4.64. The number of H-pyrrole nitrogens is 1. The highest BCUT2D eigenvalue weighted by Crippen LogP contribution is 2.26. The van der Waals surface area contributed by atoms with Crippen LogP contribution in [0.2, 0.25) is 0 Å². The summed E-state index contributed by atoms with van der Waals surface area (Å²) in [4.78, 5) is 16.5. The number of aromatic nitrogens is 5. The van der Waals surface area contributed by atoms with Crippen molar-refractivity contribution >= 4 is 41.0 Å². The monoisotopic (exact) mass is 416 g/mol. The smallest absolute Gasteiger partial charge is 0.272 e. The van der Waals surface area contributed by atoms with E-state index in [9.17, 15) is 9.18 Å². The molecule has 7 nitrogen and oxygen atoms in total. The first kappa shape index (κ1) is 17.6. The van der Waals surface area contributed by atoms with Gasteiger partial charge in [0.2, 0.25) is 0 Å². The second-order valence-electron chi connectivity index (χ2n) is 5.35. The maximum atomic E-state index is 13.1. The van der Waals surface area contributed by atoms with E-state index in [-0.39, 0.29) is 11.4 Å². The molecule has 4 rings (SSSR count). The lowest BCUT2D eigenvalue weighted by Crippen LogP contribution is -2.15. The van der Waals surface area contributed by atoms with Crippen molar-refractivity contribution in [2.75, 3.05) is 0 Å². The first-order chi connectivity index (χ1) is 13.0. The van der Waals surface area contributed by atoms with E-state index in [4.69, 9.17) is 17.5 Å². The Labute approximate surface area is 164 Å². The lowest BCUT2D eigenvalue weighted by molar-refractivity contribution is 0.627. The topological polar surface area (TPSA) is 91.8 Å². The Morgan fingerprint density at radius 2 is 2.15 bits per heavy atom. The summed E-state index contributed by atoms with van der Waals surface area (Å²) >= 11 is 8.02. The molecule has 0 fully saturated rings. The molecule has 0 amide bonds. The van der Waals surface area contributed by atoms with Crippen LogP contribution in [0.5, 0.6) is 0 Å². The van der Waals surface area contributed by atoms with Crippen molar-refractivity contribution in [2.45, 2.75) is 10.1 Å². The van der Waals surface area contributed by atoms with Crippen LogP contribution in [0.15, 0.2) is 45.7 Å². The number of halogens is 1. The molecule has 0 spiro atoms. The Bertz CT molecular complexity index is 1290. The van der Waals surface area contributed by atoms with Gasteiger partial charge in [-0.1, -0.05) is 23.1 Å². The third-order valence-corrected chi connectivity index (χ3v) is 6.01. The minimum absolute atomic E-state index is 0.290. The molecule has 0 aliphatic carbocycles. The average Bonchev–Trinajstić information content (AvgIpc) is 3.24. The Kier molecular flexibility index (Phi) is 4.61. The number of nitrogens with one attached hydrogen (secondary N) is 1. The lowest BCUT2D eigenvalue weighted by Gasteiger charge is -2.01. The van der Waals surface area contributed by atoms with Gasteiger partial charge in [-0.15, -0.1) is 5.10 Å². The molecule has 0 aliphatic rings. The SMILES string of the molecule is N#Cc1c[nH]n2c(=O)cc(CSc3nn(-c4ccc(F)cc4)c(=S)s3)nc12. The fraction of sp³-hybridized carbons (Fsp3) is 0.0625. The van der Waals surface area contributed by atoms with E-state index < -0.39 is 0 Å². The first-order valence-electron chi connectivity index (χ1n) is 7.54. The number of nitriles is 1. The van der Waals surface area contributed by atoms with Crippen molar-refractivity contribution in [1.82, 2.24) is 24.4 Å². The summed E-state index contributed by atoms with van der Waals surface area (Å²) in [5.74, 6) is 0.0670. The van der Waals surface area contributed by atoms with Gasteiger partial charge < -0.3 is 0 Å². The van der Waals surface area contributed by atoms with Crippen LogP contribution in [0.3, 0.4) is 0 Å². The van der Waals surface area contributed by atoms with Crippen LogP contribution >= 0.6 is 35.3 Å². The Balaban J connectivity index is 1.59. The van der Waals surface area contributed by atoms with Crippen LogP contribution in [0.4, 0.5) is 4.39 Å². The highest BCUT2D eigenvalue weighted by molar-refractivity contribution is 8.00. The molecule has 11 heteroatoms. The van der Waals surface area contributed by atoms with Crippen LogP contribution in [-0.2, 0) is 5.75 Å². The highest BCUT2D eigenvalue weighted by Gasteiger charge is 2.11. The molecule has 0 radical (unpaired) electrons. The molecule has 1 N–H and O–H groups in total. The summed E-state index contributed by atoms with van der Waals surface area (Å²) < 4.78 is 17.1. The predicted molar refractivity (Wildman–Crippen MR) is 102 cm³/mol. The quantitative estimate of drug-likeness (QED) is 0.405. The number of nitrogens with zero attached hydrogens (tertiary/aromatic N) is 5. The molecule has 3 aromatic heterocycles. The largest absolute Gasteiger partial charge is 0.295 e. The first-order valence-corrected chi connectivity index (χ1v) is 9.75. The van der Waals surface area contributed by atoms with E-state index >= 15 is 0 Å². The van der Waals surface area contributed by atoms with Gasteiger partial charge in [0.1, 0.15) is 17.4 Å². The summed E-state index contributed by atoms with van der Waals surface area (Å²) in [5, 5.41) is 16.2. The van der Waals surface area contributed by atoms with Crippen LogP contribution in [0, 0.1) is 21.1 Å². The minimum Gasteiger partial charge on any atom is -0.295 e. The second kappa shape index (κ2) is 7.07. The molecule has 0 saturated carbocycles. The molecule has 1 aromatic carbocycles. The van der Waals surface area contributed by atoms with Gasteiger partial charge in [0.05, 0.1) is 11.4 Å². The van der Waals surface area contributed by atoms with Crippen LogP contribution in [0.25, 0.3) is 11.3 Å². The Morgan fingerprint density at radius 1 is 1.37 bits per heavy atom. The summed E-state index contributed by atoms with van der Waals surface area (Å²) in [6, 6.07) is 9.31. The fourth-order valence-electron chi connectivity index (χ4n) is 2.39. The van der Waals surface area contributed by atoms with Gasteiger partial charge in [-0.2, -0.15) is 5.26 Å².